The summed E-state index contributed by atoms with van der Waals surface area (Å²) in [6.45, 7) is 7.75. The van der Waals surface area contributed by atoms with E-state index in [1.165, 1.54) is 15.6 Å². The minimum atomic E-state index is -0.0996. The number of benzene rings is 3. The molecule has 214 valence electrons. The van der Waals surface area contributed by atoms with Gasteiger partial charge in [0.05, 0.1) is 18.4 Å². The molecule has 1 aliphatic rings. The summed E-state index contributed by atoms with van der Waals surface area (Å²) in [5.41, 5.74) is 4.14. The highest BCUT2D eigenvalue weighted by molar-refractivity contribution is 7.16. The molecule has 1 amide bonds. The third-order valence-electron chi connectivity index (χ3n) is 8.17. The van der Waals surface area contributed by atoms with Gasteiger partial charge in [-0.1, -0.05) is 75.4 Å². The third-order valence-corrected chi connectivity index (χ3v) is 9.33. The lowest BCUT2D eigenvalue weighted by Gasteiger charge is -2.33. The van der Waals surface area contributed by atoms with Gasteiger partial charge in [-0.3, -0.25) is 4.79 Å². The molecule has 2 aromatic heterocycles. The van der Waals surface area contributed by atoms with Crippen LogP contribution < -0.4 is 10.1 Å². The van der Waals surface area contributed by atoms with Gasteiger partial charge in [-0.2, -0.15) is 0 Å². The Kier molecular flexibility index (Phi) is 7.98. The van der Waals surface area contributed by atoms with E-state index >= 15 is 0 Å². The van der Waals surface area contributed by atoms with Gasteiger partial charge in [0.2, 0.25) is 0 Å². The zero-order valence-electron chi connectivity index (χ0n) is 24.4. The van der Waals surface area contributed by atoms with Crippen LogP contribution in [-0.4, -0.2) is 12.1 Å². The molecule has 1 aliphatic carbocycles. The van der Waals surface area contributed by atoms with Crippen LogP contribution in [-0.2, 0) is 26.0 Å². The molecule has 0 fully saturated rings. The van der Waals surface area contributed by atoms with Crippen molar-refractivity contribution in [3.05, 3.63) is 118 Å². The predicted molar refractivity (Wildman–Crippen MR) is 171 cm³/mol. The molecule has 0 saturated heterocycles. The van der Waals surface area contributed by atoms with Crippen LogP contribution in [0.4, 0.5) is 5.00 Å². The number of rotatable bonds is 8. The Morgan fingerprint density at radius 2 is 1.90 bits per heavy atom. The molecule has 6 rings (SSSR count). The second-order valence-corrected chi connectivity index (χ2v) is 13.1. The molecule has 0 unspecified atom stereocenters. The molecule has 2 heterocycles. The lowest BCUT2D eigenvalue weighted by Crippen LogP contribution is -2.28. The quantitative estimate of drug-likeness (QED) is 0.188. The highest BCUT2D eigenvalue weighted by Crippen LogP contribution is 2.45. The fourth-order valence-electron chi connectivity index (χ4n) is 5.70. The molecule has 5 aromatic rings. The molecular weight excluding hydrogens is 540 g/mol. The summed E-state index contributed by atoms with van der Waals surface area (Å²) in [5.74, 6) is 1.99. The van der Waals surface area contributed by atoms with Crippen molar-refractivity contribution >= 4 is 39.2 Å². The number of furan rings is 1. The van der Waals surface area contributed by atoms with Crippen molar-refractivity contribution in [1.82, 2.24) is 5.32 Å². The van der Waals surface area contributed by atoms with Gasteiger partial charge in [0.1, 0.15) is 23.1 Å². The SMILES string of the molecule is CC(C)(C)[C@H]1CCc2c(sc(N=Cc3cccc(OCc4cccc5ccccc45)c3)c2C(=O)NCc2ccco2)C1. The van der Waals surface area contributed by atoms with E-state index in [1.807, 2.05) is 42.6 Å². The Hall–Kier alpha value is -4.16. The first kappa shape index (κ1) is 28.0. The highest BCUT2D eigenvalue weighted by Gasteiger charge is 2.33. The molecule has 5 nitrogen and oxygen atoms in total. The van der Waals surface area contributed by atoms with Crippen LogP contribution in [0.2, 0.25) is 0 Å². The maximum Gasteiger partial charge on any atom is 0.255 e. The fourth-order valence-corrected chi connectivity index (χ4v) is 6.97. The van der Waals surface area contributed by atoms with Crippen molar-refractivity contribution in [2.24, 2.45) is 16.3 Å². The Labute approximate surface area is 251 Å². The standard InChI is InChI=1S/C36H36N2O3S/c1-36(2,3)27-16-17-31-32(20-27)42-35(33(31)34(39)37-22-29-14-8-18-40-29)38-21-24-9-6-13-28(19-24)41-23-26-12-7-11-25-10-4-5-15-30(25)26/h4-15,18-19,21,27H,16-17,20,22-23H2,1-3H3,(H,37,39)/t27-/m0/s1. The Bertz CT molecular complexity index is 1720. The number of nitrogens with zero attached hydrogens (tertiary/aromatic N) is 1. The van der Waals surface area contributed by atoms with Gasteiger partial charge in [0.15, 0.2) is 0 Å². The van der Waals surface area contributed by atoms with E-state index in [9.17, 15) is 4.79 Å². The fraction of sp³-hybridized carbons (Fsp3) is 0.278. The number of aliphatic imine (C=N–C) groups is 1. The van der Waals surface area contributed by atoms with Crippen molar-refractivity contribution in [3.8, 4) is 5.75 Å². The van der Waals surface area contributed by atoms with Crippen LogP contribution >= 0.6 is 11.3 Å². The Morgan fingerprint density at radius 1 is 1.07 bits per heavy atom. The van der Waals surface area contributed by atoms with Crippen LogP contribution in [0.5, 0.6) is 5.75 Å². The molecule has 1 N–H and O–H groups in total. The molecule has 1 atom stereocenters. The minimum Gasteiger partial charge on any atom is -0.489 e. The first-order chi connectivity index (χ1) is 20.3. The number of nitrogens with one attached hydrogen (secondary N) is 1. The highest BCUT2D eigenvalue weighted by atomic mass is 32.1. The van der Waals surface area contributed by atoms with E-state index in [0.717, 1.165) is 52.5 Å². The first-order valence-electron chi connectivity index (χ1n) is 14.5. The van der Waals surface area contributed by atoms with Gasteiger partial charge >= 0.3 is 0 Å². The number of hydrogen-bond donors (Lipinski definition) is 1. The molecule has 6 heteroatoms. The zero-order valence-corrected chi connectivity index (χ0v) is 25.2. The van der Waals surface area contributed by atoms with E-state index in [4.69, 9.17) is 14.1 Å². The van der Waals surface area contributed by atoms with E-state index < -0.39 is 0 Å². The minimum absolute atomic E-state index is 0.0996. The second kappa shape index (κ2) is 12.0. The molecular formula is C36H36N2O3S. The summed E-state index contributed by atoms with van der Waals surface area (Å²) in [6, 6.07) is 26.3. The molecule has 42 heavy (non-hydrogen) atoms. The van der Waals surface area contributed by atoms with Crippen molar-refractivity contribution in [2.75, 3.05) is 0 Å². The van der Waals surface area contributed by atoms with Gasteiger partial charge in [0.25, 0.3) is 5.91 Å². The number of ether oxygens (including phenoxy) is 1. The smallest absolute Gasteiger partial charge is 0.255 e. The summed E-state index contributed by atoms with van der Waals surface area (Å²) in [7, 11) is 0. The van der Waals surface area contributed by atoms with E-state index in [-0.39, 0.29) is 11.3 Å². The van der Waals surface area contributed by atoms with Gasteiger partial charge in [0, 0.05) is 11.1 Å². The van der Waals surface area contributed by atoms with Crippen LogP contribution in [0.1, 0.15) is 64.9 Å². The van der Waals surface area contributed by atoms with Crippen LogP contribution in [0.25, 0.3) is 10.8 Å². The van der Waals surface area contributed by atoms with Crippen molar-refractivity contribution in [2.45, 2.75) is 53.2 Å². The number of carbonyl (C=O) groups is 1. The lowest BCUT2D eigenvalue weighted by atomic mass is 9.72. The largest absolute Gasteiger partial charge is 0.489 e. The molecule has 0 bridgehead atoms. The average molecular weight is 577 g/mol. The monoisotopic (exact) mass is 576 g/mol. The van der Waals surface area contributed by atoms with Gasteiger partial charge < -0.3 is 14.5 Å². The predicted octanol–water partition coefficient (Wildman–Crippen LogP) is 8.90. The summed E-state index contributed by atoms with van der Waals surface area (Å²) in [6.07, 6.45) is 6.41. The van der Waals surface area contributed by atoms with Crippen LogP contribution in [0, 0.1) is 11.3 Å². The van der Waals surface area contributed by atoms with E-state index in [2.05, 4.69) is 68.6 Å². The number of fused-ring (bicyclic) bond motifs is 2. The van der Waals surface area contributed by atoms with Gasteiger partial charge in [-0.25, -0.2) is 4.99 Å². The third kappa shape index (κ3) is 6.19. The Morgan fingerprint density at radius 3 is 2.74 bits per heavy atom. The zero-order chi connectivity index (χ0) is 29.1. The summed E-state index contributed by atoms with van der Waals surface area (Å²) in [5, 5.41) is 6.21. The van der Waals surface area contributed by atoms with Crippen molar-refractivity contribution in [1.29, 1.82) is 0 Å². The number of amides is 1. The molecule has 0 saturated carbocycles. The summed E-state index contributed by atoms with van der Waals surface area (Å²) < 4.78 is 11.6. The number of carbonyl (C=O) groups excluding carboxylic acids is 1. The van der Waals surface area contributed by atoms with E-state index in [1.54, 1.807) is 17.6 Å². The second-order valence-electron chi connectivity index (χ2n) is 12.0. The molecule has 0 spiro atoms. The summed E-state index contributed by atoms with van der Waals surface area (Å²) >= 11 is 1.65. The maximum absolute atomic E-state index is 13.5. The normalized spacial score (nSPS) is 15.2. The number of thiophene rings is 1. The van der Waals surface area contributed by atoms with Crippen LogP contribution in [0.3, 0.4) is 0 Å². The maximum atomic E-state index is 13.5. The van der Waals surface area contributed by atoms with Crippen molar-refractivity contribution in [3.63, 3.8) is 0 Å². The Balaban J connectivity index is 1.23. The molecule has 3 aromatic carbocycles. The first-order valence-corrected chi connectivity index (χ1v) is 15.4. The average Bonchev–Trinajstić information content (AvgIpc) is 3.65. The summed E-state index contributed by atoms with van der Waals surface area (Å²) in [4.78, 5) is 19.7. The van der Waals surface area contributed by atoms with E-state index in [0.29, 0.717) is 24.6 Å². The van der Waals surface area contributed by atoms with Gasteiger partial charge in [-0.15, -0.1) is 11.3 Å². The van der Waals surface area contributed by atoms with Gasteiger partial charge in [-0.05, 0) is 82.3 Å². The lowest BCUT2D eigenvalue weighted by molar-refractivity contribution is 0.0947. The number of hydrogen-bond acceptors (Lipinski definition) is 5. The molecule has 0 radical (unpaired) electrons. The van der Waals surface area contributed by atoms with Crippen LogP contribution in [0.15, 0.2) is 94.5 Å². The topological polar surface area (TPSA) is 63.8 Å². The molecule has 0 aliphatic heterocycles. The van der Waals surface area contributed by atoms with Crippen molar-refractivity contribution < 1.29 is 13.9 Å².